The van der Waals surface area contributed by atoms with Crippen molar-refractivity contribution < 1.29 is 17.8 Å². The molecule has 0 saturated carbocycles. The van der Waals surface area contributed by atoms with Gasteiger partial charge in [-0.1, -0.05) is 18.2 Å². The van der Waals surface area contributed by atoms with Gasteiger partial charge in [0.15, 0.2) is 18.4 Å². The van der Waals surface area contributed by atoms with E-state index >= 15 is 0 Å². The van der Waals surface area contributed by atoms with E-state index < -0.39 is 10.0 Å². The fourth-order valence-electron chi connectivity index (χ4n) is 3.45. The molecule has 0 unspecified atom stereocenters. The number of carbonyl (C=O) groups excluding carboxylic acids is 1. The predicted octanol–water partition coefficient (Wildman–Crippen LogP) is 3.07. The summed E-state index contributed by atoms with van der Waals surface area (Å²) in [5.41, 5.74) is 10.2. The van der Waals surface area contributed by atoms with Gasteiger partial charge in [0, 0.05) is 38.3 Å². The summed E-state index contributed by atoms with van der Waals surface area (Å²) < 4.78 is 29.5. The lowest BCUT2D eigenvalue weighted by Gasteiger charge is -2.20. The molecule has 0 aliphatic rings. The SMILES string of the molecule is CNc1ccc(S(=O)(=O)N(C)c2ccccc2)cc1NC(=O)CC[n+]1ccc(N)c(C)c1C. The van der Waals surface area contributed by atoms with Crippen LogP contribution in [0.5, 0.6) is 0 Å². The van der Waals surface area contributed by atoms with Gasteiger partial charge in [-0.2, -0.15) is 0 Å². The normalized spacial score (nSPS) is 11.2. The molecule has 0 bridgehead atoms. The average Bonchev–Trinajstić information content (AvgIpc) is 2.82. The third-order valence-electron chi connectivity index (χ3n) is 5.73. The van der Waals surface area contributed by atoms with Crippen molar-refractivity contribution >= 4 is 38.7 Å². The molecule has 0 atom stereocenters. The number of nitrogen functional groups attached to an aromatic ring is 1. The van der Waals surface area contributed by atoms with Crippen LogP contribution in [0.1, 0.15) is 17.7 Å². The van der Waals surface area contributed by atoms with Gasteiger partial charge in [-0.15, -0.1) is 0 Å². The van der Waals surface area contributed by atoms with Crippen molar-refractivity contribution in [3.8, 4) is 0 Å². The molecule has 0 radical (unpaired) electrons. The van der Waals surface area contributed by atoms with Crippen molar-refractivity contribution in [3.05, 3.63) is 72.1 Å². The number of benzene rings is 2. The van der Waals surface area contributed by atoms with Gasteiger partial charge in [0.2, 0.25) is 5.91 Å². The molecule has 0 fully saturated rings. The van der Waals surface area contributed by atoms with Crippen molar-refractivity contribution in [1.29, 1.82) is 0 Å². The molecule has 1 heterocycles. The second kappa shape index (κ2) is 9.91. The Morgan fingerprint density at radius 1 is 1.06 bits per heavy atom. The van der Waals surface area contributed by atoms with Gasteiger partial charge in [0.05, 0.1) is 28.4 Å². The van der Waals surface area contributed by atoms with E-state index in [0.717, 1.165) is 11.3 Å². The number of amides is 1. The Bertz CT molecular complexity index is 1260. The number of nitrogens with two attached hydrogens (primary N) is 1. The molecule has 2 aromatic carbocycles. The van der Waals surface area contributed by atoms with Crippen molar-refractivity contribution in [2.24, 2.45) is 0 Å². The van der Waals surface area contributed by atoms with Crippen molar-refractivity contribution in [1.82, 2.24) is 0 Å². The maximum atomic E-state index is 13.2. The molecular formula is C24H30N5O3S+. The van der Waals surface area contributed by atoms with Crippen LogP contribution in [0, 0.1) is 13.8 Å². The van der Waals surface area contributed by atoms with E-state index in [1.54, 1.807) is 37.4 Å². The number of nitrogens with zero attached hydrogens (tertiary/aromatic N) is 2. The van der Waals surface area contributed by atoms with Crippen molar-refractivity contribution in [2.45, 2.75) is 31.7 Å². The molecule has 4 N–H and O–H groups in total. The van der Waals surface area contributed by atoms with Crippen molar-refractivity contribution in [3.63, 3.8) is 0 Å². The number of hydrogen-bond donors (Lipinski definition) is 3. The smallest absolute Gasteiger partial charge is 0.264 e. The lowest BCUT2D eigenvalue weighted by atomic mass is 10.2. The molecule has 3 rings (SSSR count). The van der Waals surface area contributed by atoms with E-state index in [9.17, 15) is 13.2 Å². The quantitative estimate of drug-likeness (QED) is 0.440. The Labute approximate surface area is 195 Å². The first-order chi connectivity index (χ1) is 15.6. The summed E-state index contributed by atoms with van der Waals surface area (Å²) in [6, 6.07) is 15.3. The monoisotopic (exact) mass is 468 g/mol. The fourth-order valence-corrected chi connectivity index (χ4v) is 4.67. The van der Waals surface area contributed by atoms with E-state index in [4.69, 9.17) is 5.73 Å². The average molecular weight is 469 g/mol. The van der Waals surface area contributed by atoms with E-state index in [0.29, 0.717) is 29.3 Å². The molecule has 33 heavy (non-hydrogen) atoms. The Balaban J connectivity index is 1.80. The minimum atomic E-state index is -3.81. The highest BCUT2D eigenvalue weighted by Gasteiger charge is 2.23. The molecule has 8 nitrogen and oxygen atoms in total. The first kappa shape index (κ1) is 24.1. The first-order valence-electron chi connectivity index (χ1n) is 10.6. The molecule has 0 aliphatic carbocycles. The van der Waals surface area contributed by atoms with Gasteiger partial charge in [0.1, 0.15) is 0 Å². The summed E-state index contributed by atoms with van der Waals surface area (Å²) >= 11 is 0. The van der Waals surface area contributed by atoms with Crippen LogP contribution >= 0.6 is 0 Å². The number of anilines is 4. The number of hydrogen-bond acceptors (Lipinski definition) is 5. The van der Waals surface area contributed by atoms with Gasteiger partial charge < -0.3 is 16.4 Å². The largest absolute Gasteiger partial charge is 0.398 e. The number of sulfonamides is 1. The van der Waals surface area contributed by atoms with E-state index in [1.165, 1.54) is 23.5 Å². The van der Waals surface area contributed by atoms with Crippen LogP contribution in [0.3, 0.4) is 0 Å². The van der Waals surface area contributed by atoms with Crippen LogP contribution in [0.15, 0.2) is 65.7 Å². The lowest BCUT2D eigenvalue weighted by Crippen LogP contribution is -2.39. The molecular weight excluding hydrogens is 438 g/mol. The number of para-hydroxylation sites is 1. The third kappa shape index (κ3) is 5.25. The first-order valence-corrected chi connectivity index (χ1v) is 12.0. The second-order valence-electron chi connectivity index (χ2n) is 7.74. The summed E-state index contributed by atoms with van der Waals surface area (Å²) in [6.45, 7) is 4.38. The van der Waals surface area contributed by atoms with Crippen LogP contribution in [-0.4, -0.2) is 28.4 Å². The zero-order valence-electron chi connectivity index (χ0n) is 19.3. The Morgan fingerprint density at radius 3 is 2.42 bits per heavy atom. The molecule has 1 amide bonds. The fraction of sp³-hybridized carbons (Fsp3) is 0.250. The predicted molar refractivity (Wildman–Crippen MR) is 132 cm³/mol. The van der Waals surface area contributed by atoms with E-state index in [-0.39, 0.29) is 17.2 Å². The van der Waals surface area contributed by atoms with E-state index in [1.807, 2.05) is 36.7 Å². The zero-order valence-corrected chi connectivity index (χ0v) is 20.1. The highest BCUT2D eigenvalue weighted by Crippen LogP contribution is 2.28. The van der Waals surface area contributed by atoms with Crippen LogP contribution in [-0.2, 0) is 21.4 Å². The number of aromatic nitrogens is 1. The van der Waals surface area contributed by atoms with Gasteiger partial charge >= 0.3 is 0 Å². The maximum absolute atomic E-state index is 13.2. The van der Waals surface area contributed by atoms with Crippen LogP contribution in [0.25, 0.3) is 0 Å². The summed E-state index contributed by atoms with van der Waals surface area (Å²) in [6.07, 6.45) is 2.08. The maximum Gasteiger partial charge on any atom is 0.264 e. The molecule has 3 aromatic rings. The van der Waals surface area contributed by atoms with Gasteiger partial charge in [-0.05, 0) is 37.3 Å². The summed E-state index contributed by atoms with van der Waals surface area (Å²) in [5.74, 6) is -0.223. The molecule has 0 aliphatic heterocycles. The highest BCUT2D eigenvalue weighted by molar-refractivity contribution is 7.92. The number of carbonyl (C=O) groups is 1. The number of nitrogens with one attached hydrogen (secondary N) is 2. The Morgan fingerprint density at radius 2 is 1.76 bits per heavy atom. The van der Waals surface area contributed by atoms with Gasteiger partial charge in [-0.25, -0.2) is 13.0 Å². The lowest BCUT2D eigenvalue weighted by molar-refractivity contribution is -0.701. The molecule has 1 aromatic heterocycles. The summed E-state index contributed by atoms with van der Waals surface area (Å²) in [5, 5.41) is 5.84. The minimum absolute atomic E-state index is 0.0857. The number of pyridine rings is 1. The highest BCUT2D eigenvalue weighted by atomic mass is 32.2. The summed E-state index contributed by atoms with van der Waals surface area (Å²) in [4.78, 5) is 12.8. The molecule has 0 saturated heterocycles. The molecule has 9 heteroatoms. The third-order valence-corrected chi connectivity index (χ3v) is 7.51. The van der Waals surface area contributed by atoms with Crippen LogP contribution in [0.2, 0.25) is 0 Å². The number of rotatable bonds is 8. The van der Waals surface area contributed by atoms with Gasteiger partial charge in [0.25, 0.3) is 10.0 Å². The Kier molecular flexibility index (Phi) is 7.23. The van der Waals surface area contributed by atoms with Crippen LogP contribution in [0.4, 0.5) is 22.7 Å². The minimum Gasteiger partial charge on any atom is -0.398 e. The second-order valence-corrected chi connectivity index (χ2v) is 9.71. The topological polar surface area (TPSA) is 108 Å². The van der Waals surface area contributed by atoms with Gasteiger partial charge in [-0.3, -0.25) is 9.10 Å². The Hall–Kier alpha value is -3.59. The molecule has 174 valence electrons. The zero-order chi connectivity index (χ0) is 24.2. The van der Waals surface area contributed by atoms with Crippen molar-refractivity contribution in [2.75, 3.05) is 34.8 Å². The molecule has 0 spiro atoms. The summed E-state index contributed by atoms with van der Waals surface area (Å²) in [7, 11) is -0.590. The van der Waals surface area contributed by atoms with Crippen LogP contribution < -0.4 is 25.2 Å². The number of aryl methyl sites for hydroxylation is 1. The van der Waals surface area contributed by atoms with E-state index in [2.05, 4.69) is 10.6 Å². The standard InChI is InChI=1S/C24H29N5O3S/c1-17-18(2)29(14-12-21(17)25)15-13-24(30)27-23-16-20(10-11-22(23)26-3)33(31,32)28(4)19-8-6-5-7-9-19/h5-12,14,16,25-26H,13,15H2,1-4H3,(H,27,30)/p+1.